The number of rotatable bonds is 8. The Morgan fingerprint density at radius 1 is 1.00 bits per heavy atom. The summed E-state index contributed by atoms with van der Waals surface area (Å²) < 4.78 is 16.8. The van der Waals surface area contributed by atoms with Crippen molar-refractivity contribution in [3.05, 3.63) is 88.5 Å². The third kappa shape index (κ3) is 8.51. The van der Waals surface area contributed by atoms with Crippen molar-refractivity contribution in [1.82, 2.24) is 5.32 Å². The van der Waals surface area contributed by atoms with Crippen LogP contribution < -0.4 is 14.8 Å². The van der Waals surface area contributed by atoms with E-state index in [9.17, 15) is 29.7 Å². The van der Waals surface area contributed by atoms with E-state index in [2.05, 4.69) is 5.32 Å². The van der Waals surface area contributed by atoms with Gasteiger partial charge in [0, 0.05) is 30.7 Å². The van der Waals surface area contributed by atoms with Gasteiger partial charge in [0.25, 0.3) is 0 Å². The van der Waals surface area contributed by atoms with Gasteiger partial charge in [-0.3, -0.25) is 9.59 Å². The molecule has 10 heteroatoms. The minimum absolute atomic E-state index is 0.0221. The maximum absolute atomic E-state index is 13.6. The molecular formula is C37H41NO9. The van der Waals surface area contributed by atoms with E-state index in [1.54, 1.807) is 37.3 Å². The van der Waals surface area contributed by atoms with Crippen LogP contribution in [0.2, 0.25) is 0 Å². The number of amides is 1. The fraction of sp³-hybridized carbons (Fsp3) is 0.378. The second-order valence-electron chi connectivity index (χ2n) is 12.1. The molecule has 5 rings (SSSR count). The number of hydrogen-bond acceptors (Lipinski definition) is 9. The van der Waals surface area contributed by atoms with Gasteiger partial charge in [-0.2, -0.15) is 0 Å². The van der Waals surface area contributed by atoms with Crippen LogP contribution in [0.15, 0.2) is 60.7 Å². The molecule has 47 heavy (non-hydrogen) atoms. The minimum Gasteiger partial charge on any atom is -0.507 e. The molecule has 1 amide bonds. The highest BCUT2D eigenvalue weighted by atomic mass is 16.7. The highest BCUT2D eigenvalue weighted by Crippen LogP contribution is 2.46. The molecule has 0 aliphatic carbocycles. The van der Waals surface area contributed by atoms with Crippen LogP contribution >= 0.6 is 0 Å². The second kappa shape index (κ2) is 15.6. The fourth-order valence-corrected chi connectivity index (χ4v) is 6.07. The Labute approximate surface area is 274 Å². The number of allylic oxidation sites excluding steroid dienone is 1. The summed E-state index contributed by atoms with van der Waals surface area (Å²) in [6.45, 7) is 1.46. The van der Waals surface area contributed by atoms with E-state index in [0.29, 0.717) is 62.0 Å². The smallest absolute Gasteiger partial charge is 0.342 e. The number of nitrogens with one attached hydrogen (secondary N) is 1. The van der Waals surface area contributed by atoms with Crippen molar-refractivity contribution in [2.45, 2.75) is 76.4 Å². The van der Waals surface area contributed by atoms with Gasteiger partial charge in [0.1, 0.15) is 22.8 Å². The lowest BCUT2D eigenvalue weighted by Crippen LogP contribution is -2.39. The van der Waals surface area contributed by atoms with E-state index < -0.39 is 35.7 Å². The first-order valence-electron chi connectivity index (χ1n) is 16.0. The van der Waals surface area contributed by atoms with Gasteiger partial charge in [-0.1, -0.05) is 48.6 Å². The maximum atomic E-state index is 13.6. The Morgan fingerprint density at radius 2 is 1.77 bits per heavy atom. The van der Waals surface area contributed by atoms with Gasteiger partial charge in [-0.05, 0) is 73.9 Å². The Bertz CT molecular complexity index is 1620. The number of fused-ring (bicyclic) bond motifs is 2. The van der Waals surface area contributed by atoms with E-state index in [1.165, 1.54) is 6.07 Å². The van der Waals surface area contributed by atoms with Gasteiger partial charge >= 0.3 is 5.97 Å². The van der Waals surface area contributed by atoms with E-state index in [0.717, 1.165) is 5.56 Å². The molecule has 2 aliphatic heterocycles. The van der Waals surface area contributed by atoms with Crippen molar-refractivity contribution in [2.75, 3.05) is 13.4 Å². The summed E-state index contributed by atoms with van der Waals surface area (Å²) in [5.74, 6) is -1.84. The number of carbonyl (C=O) groups excluding carboxylic acids is 3. The molecule has 0 fully saturated rings. The van der Waals surface area contributed by atoms with Crippen molar-refractivity contribution in [3.63, 3.8) is 0 Å². The van der Waals surface area contributed by atoms with Crippen LogP contribution in [-0.2, 0) is 20.7 Å². The van der Waals surface area contributed by atoms with Gasteiger partial charge < -0.3 is 34.8 Å². The molecule has 3 atom stereocenters. The first-order chi connectivity index (χ1) is 22.7. The quantitative estimate of drug-likeness (QED) is 0.232. The number of phenolic OH excluding ortho intramolecular Hbond substituents is 2. The van der Waals surface area contributed by atoms with Gasteiger partial charge in [0.05, 0.1) is 18.8 Å². The lowest BCUT2D eigenvalue weighted by molar-refractivity contribution is -0.122. The molecule has 0 spiro atoms. The molecule has 3 aromatic carbocycles. The normalized spacial score (nSPS) is 18.0. The standard InChI is InChI=1S/C37H41NO9/c1-23-9-8-14-28(40)13-7-3-6-12-26-18-30(41)35(36(43)34(26)37(44)47-23)29(25-15-16-31-32(19-25)46-22-45-31)20-33(42)38-27(21-39)17-24-10-4-2-5-11-24/h2,4-6,10-12,15-16,18-19,23,27,29,39,41,43H,3,7-9,13-14,17,20-22H2,1H3,(H,38,42)/t23-,27+,29?/m0/s1. The molecule has 0 radical (unpaired) electrons. The SMILES string of the molecule is C[C@H]1CCCC(=O)CCCC=Cc2cc(O)c(C(CC(=O)N[C@@H](CO)Cc3ccccc3)c3ccc4c(c3)OCO4)c(O)c2C(=O)O1. The van der Waals surface area contributed by atoms with E-state index in [-0.39, 0.29) is 48.0 Å². The number of phenols is 2. The first-order valence-corrected chi connectivity index (χ1v) is 16.0. The van der Waals surface area contributed by atoms with Crippen LogP contribution in [0.3, 0.4) is 0 Å². The number of Topliss-reactive ketones (excluding diaryl/α,β-unsaturated/α-hetero) is 1. The number of benzene rings is 3. The largest absolute Gasteiger partial charge is 0.507 e. The topological polar surface area (TPSA) is 152 Å². The molecule has 3 aromatic rings. The average molecular weight is 644 g/mol. The Hall–Kier alpha value is -4.83. The number of ketones is 1. The average Bonchev–Trinajstić information content (AvgIpc) is 3.52. The van der Waals surface area contributed by atoms with Crippen molar-refractivity contribution < 1.29 is 43.9 Å². The molecule has 4 N–H and O–H groups in total. The maximum Gasteiger partial charge on any atom is 0.342 e. The highest BCUT2D eigenvalue weighted by Gasteiger charge is 2.32. The van der Waals surface area contributed by atoms with Gasteiger partial charge in [-0.25, -0.2) is 4.79 Å². The molecule has 2 heterocycles. The fourth-order valence-electron chi connectivity index (χ4n) is 6.07. The number of esters is 1. The molecule has 2 aliphatic rings. The van der Waals surface area contributed by atoms with Crippen LogP contribution in [0.5, 0.6) is 23.0 Å². The van der Waals surface area contributed by atoms with Gasteiger partial charge in [0.2, 0.25) is 12.7 Å². The number of cyclic esters (lactones) is 1. The second-order valence-corrected chi connectivity index (χ2v) is 12.1. The number of ether oxygens (including phenoxy) is 3. The van der Waals surface area contributed by atoms with E-state index in [1.807, 2.05) is 30.3 Å². The zero-order chi connectivity index (χ0) is 33.3. The van der Waals surface area contributed by atoms with Crippen molar-refractivity contribution in [3.8, 4) is 23.0 Å². The van der Waals surface area contributed by atoms with Gasteiger partial charge in [0.15, 0.2) is 11.5 Å². The summed E-state index contributed by atoms with van der Waals surface area (Å²) in [6, 6.07) is 15.3. The highest BCUT2D eigenvalue weighted by molar-refractivity contribution is 5.98. The van der Waals surface area contributed by atoms with Crippen LogP contribution in [-0.4, -0.2) is 58.5 Å². The monoisotopic (exact) mass is 643 g/mol. The number of aliphatic hydroxyl groups is 1. The van der Waals surface area contributed by atoms with E-state index in [4.69, 9.17) is 14.2 Å². The Morgan fingerprint density at radius 3 is 2.55 bits per heavy atom. The van der Waals surface area contributed by atoms with Gasteiger partial charge in [-0.15, -0.1) is 0 Å². The van der Waals surface area contributed by atoms with Crippen LogP contribution in [0, 0.1) is 0 Å². The lowest BCUT2D eigenvalue weighted by Gasteiger charge is -2.24. The molecular weight excluding hydrogens is 602 g/mol. The Balaban J connectivity index is 1.53. The number of hydrogen-bond donors (Lipinski definition) is 4. The van der Waals surface area contributed by atoms with Crippen molar-refractivity contribution in [2.24, 2.45) is 0 Å². The lowest BCUT2D eigenvalue weighted by atomic mass is 9.84. The predicted molar refractivity (Wildman–Crippen MR) is 175 cm³/mol. The molecule has 1 unspecified atom stereocenters. The molecule has 0 bridgehead atoms. The minimum atomic E-state index is -0.931. The zero-order valence-electron chi connectivity index (χ0n) is 26.4. The number of carbonyl (C=O) groups is 3. The van der Waals surface area contributed by atoms with Crippen LogP contribution in [0.1, 0.15) is 90.4 Å². The zero-order valence-corrected chi connectivity index (χ0v) is 26.4. The molecule has 10 nitrogen and oxygen atoms in total. The Kier molecular flexibility index (Phi) is 11.2. The van der Waals surface area contributed by atoms with Crippen LogP contribution in [0.25, 0.3) is 6.08 Å². The number of aliphatic hydroxyl groups excluding tert-OH is 1. The summed E-state index contributed by atoms with van der Waals surface area (Å²) in [6.07, 6.45) is 6.16. The van der Waals surface area contributed by atoms with E-state index >= 15 is 0 Å². The molecule has 0 saturated heterocycles. The summed E-state index contributed by atoms with van der Waals surface area (Å²) in [5.41, 5.74) is 1.57. The molecule has 248 valence electrons. The molecule has 0 saturated carbocycles. The van der Waals surface area contributed by atoms with Crippen molar-refractivity contribution in [1.29, 1.82) is 0 Å². The third-order valence-corrected chi connectivity index (χ3v) is 8.50. The summed E-state index contributed by atoms with van der Waals surface area (Å²) in [5, 5.41) is 36.2. The summed E-state index contributed by atoms with van der Waals surface area (Å²) >= 11 is 0. The summed E-state index contributed by atoms with van der Waals surface area (Å²) in [7, 11) is 0. The first kappa shape index (κ1) is 33.5. The number of aromatic hydroxyl groups is 2. The predicted octanol–water partition coefficient (Wildman–Crippen LogP) is 5.55. The summed E-state index contributed by atoms with van der Waals surface area (Å²) in [4.78, 5) is 39.4. The molecule has 0 aromatic heterocycles. The van der Waals surface area contributed by atoms with Crippen molar-refractivity contribution >= 4 is 23.7 Å². The van der Waals surface area contributed by atoms with Crippen LogP contribution in [0.4, 0.5) is 0 Å². The third-order valence-electron chi connectivity index (χ3n) is 8.50.